The molecule has 0 bridgehead atoms. The lowest BCUT2D eigenvalue weighted by Gasteiger charge is -2.14. The van der Waals surface area contributed by atoms with Gasteiger partial charge in [-0.2, -0.15) is 0 Å². The molecule has 0 N–H and O–H groups in total. The van der Waals surface area contributed by atoms with Crippen LogP contribution in [0, 0.1) is 0 Å². The molecule has 0 aliphatic carbocycles. The van der Waals surface area contributed by atoms with Crippen LogP contribution >= 0.6 is 15.9 Å². The predicted molar refractivity (Wildman–Crippen MR) is 111 cm³/mol. The van der Waals surface area contributed by atoms with Gasteiger partial charge in [-0.1, -0.05) is 68.4 Å². The highest BCUT2D eigenvalue weighted by molar-refractivity contribution is 9.10. The van der Waals surface area contributed by atoms with Crippen LogP contribution < -0.4 is 9.47 Å². The Bertz CT molecular complexity index is 920. The Morgan fingerprint density at radius 1 is 0.889 bits per heavy atom. The summed E-state index contributed by atoms with van der Waals surface area (Å²) in [7, 11) is 0. The molecule has 0 aromatic heterocycles. The summed E-state index contributed by atoms with van der Waals surface area (Å²) in [6, 6.07) is 23.4. The molecule has 4 heteroatoms. The minimum Gasteiger partial charge on any atom is -0.482 e. The van der Waals surface area contributed by atoms with Crippen molar-refractivity contribution in [2.24, 2.45) is 0 Å². The van der Waals surface area contributed by atoms with Gasteiger partial charge in [-0.05, 0) is 56.7 Å². The molecule has 0 atom stereocenters. The maximum Gasteiger partial charge on any atom is 0.349 e. The van der Waals surface area contributed by atoms with E-state index in [-0.39, 0.29) is 6.61 Å². The number of carbonyl (C=O) groups excluding carboxylic acids is 1. The number of benzene rings is 3. The van der Waals surface area contributed by atoms with Gasteiger partial charge in [-0.25, -0.2) is 4.79 Å². The summed E-state index contributed by atoms with van der Waals surface area (Å²) in [5.41, 5.74) is 3.22. The van der Waals surface area contributed by atoms with Crippen LogP contribution in [0.3, 0.4) is 0 Å². The molecule has 3 nitrogen and oxygen atoms in total. The number of rotatable bonds is 6. The number of esters is 1. The van der Waals surface area contributed by atoms with Crippen molar-refractivity contribution in [1.82, 2.24) is 0 Å². The van der Waals surface area contributed by atoms with E-state index in [2.05, 4.69) is 29.8 Å². The first-order chi connectivity index (χ1) is 13.0. The predicted octanol–water partition coefficient (Wildman–Crippen LogP) is 6.22. The molecule has 0 spiro atoms. The smallest absolute Gasteiger partial charge is 0.349 e. The van der Waals surface area contributed by atoms with E-state index >= 15 is 0 Å². The summed E-state index contributed by atoms with van der Waals surface area (Å²) < 4.78 is 11.8. The fourth-order valence-corrected chi connectivity index (χ4v) is 3.23. The molecule has 0 aliphatic heterocycles. The van der Waals surface area contributed by atoms with E-state index in [0.29, 0.717) is 17.4 Å². The van der Waals surface area contributed by atoms with E-state index in [0.717, 1.165) is 21.2 Å². The Labute approximate surface area is 168 Å². The van der Waals surface area contributed by atoms with Crippen LogP contribution in [0.2, 0.25) is 0 Å². The van der Waals surface area contributed by atoms with Gasteiger partial charge in [-0.15, -0.1) is 0 Å². The van der Waals surface area contributed by atoms with Gasteiger partial charge in [-0.3, -0.25) is 0 Å². The van der Waals surface area contributed by atoms with Crippen molar-refractivity contribution >= 4 is 21.9 Å². The summed E-state index contributed by atoms with van der Waals surface area (Å²) in [4.78, 5) is 12.2. The summed E-state index contributed by atoms with van der Waals surface area (Å²) >= 11 is 3.48. The van der Waals surface area contributed by atoms with Crippen molar-refractivity contribution in [3.63, 3.8) is 0 Å². The van der Waals surface area contributed by atoms with Crippen LogP contribution in [0.4, 0.5) is 0 Å². The normalized spacial score (nSPS) is 10.7. The Balaban J connectivity index is 1.65. The molecule has 0 saturated heterocycles. The van der Waals surface area contributed by atoms with Crippen LogP contribution in [0.15, 0.2) is 77.3 Å². The zero-order valence-corrected chi connectivity index (χ0v) is 16.9. The SMILES string of the molecule is CC(C)c1ccccc1OCC(=O)Oc1ccc(-c2ccccc2)cc1Br. The lowest BCUT2D eigenvalue weighted by molar-refractivity contribution is -0.136. The van der Waals surface area contributed by atoms with Gasteiger partial charge in [0.2, 0.25) is 0 Å². The molecule has 0 fully saturated rings. The molecule has 3 aromatic rings. The van der Waals surface area contributed by atoms with Gasteiger partial charge in [0.1, 0.15) is 11.5 Å². The minimum atomic E-state index is -0.443. The fraction of sp³-hybridized carbons (Fsp3) is 0.174. The van der Waals surface area contributed by atoms with Crippen LogP contribution in [0.25, 0.3) is 11.1 Å². The Hall–Kier alpha value is -2.59. The highest BCUT2D eigenvalue weighted by Crippen LogP contribution is 2.31. The summed E-state index contributed by atoms with van der Waals surface area (Å²) in [6.07, 6.45) is 0. The van der Waals surface area contributed by atoms with Crippen LogP contribution in [0.5, 0.6) is 11.5 Å². The molecule has 3 rings (SSSR count). The maximum absolute atomic E-state index is 12.2. The summed E-state index contributed by atoms with van der Waals surface area (Å²) in [5, 5.41) is 0. The highest BCUT2D eigenvalue weighted by atomic mass is 79.9. The number of halogens is 1. The van der Waals surface area contributed by atoms with Crippen LogP contribution in [-0.2, 0) is 4.79 Å². The molecule has 0 saturated carbocycles. The van der Waals surface area contributed by atoms with Crippen molar-refractivity contribution in [2.45, 2.75) is 19.8 Å². The average Bonchev–Trinajstić information content (AvgIpc) is 2.68. The van der Waals surface area contributed by atoms with Gasteiger partial charge in [0, 0.05) is 0 Å². The van der Waals surface area contributed by atoms with Gasteiger partial charge in [0.05, 0.1) is 4.47 Å². The van der Waals surface area contributed by atoms with E-state index in [1.165, 1.54) is 0 Å². The van der Waals surface area contributed by atoms with Crippen LogP contribution in [-0.4, -0.2) is 12.6 Å². The fourth-order valence-electron chi connectivity index (χ4n) is 2.77. The van der Waals surface area contributed by atoms with Crippen LogP contribution in [0.1, 0.15) is 25.3 Å². The Morgan fingerprint density at radius 2 is 1.59 bits per heavy atom. The zero-order chi connectivity index (χ0) is 19.2. The van der Waals surface area contributed by atoms with Gasteiger partial charge < -0.3 is 9.47 Å². The van der Waals surface area contributed by atoms with E-state index in [4.69, 9.17) is 9.47 Å². The standard InChI is InChI=1S/C23H21BrO3/c1-16(2)19-10-6-7-11-21(19)26-15-23(25)27-22-13-12-18(14-20(22)24)17-8-4-3-5-9-17/h3-14,16H,15H2,1-2H3. The molecule has 0 heterocycles. The van der Waals surface area contributed by atoms with Crippen molar-refractivity contribution in [1.29, 1.82) is 0 Å². The Morgan fingerprint density at radius 3 is 2.30 bits per heavy atom. The first-order valence-corrected chi connectivity index (χ1v) is 9.61. The summed E-state index contributed by atoms with van der Waals surface area (Å²) in [5.74, 6) is 1.06. The van der Waals surface area contributed by atoms with E-state index in [1.54, 1.807) is 6.07 Å². The average molecular weight is 425 g/mol. The third-order valence-electron chi connectivity index (χ3n) is 4.15. The monoisotopic (exact) mass is 424 g/mol. The molecule has 138 valence electrons. The number of para-hydroxylation sites is 1. The van der Waals surface area contributed by atoms with Crippen molar-refractivity contribution in [2.75, 3.05) is 6.61 Å². The molecular weight excluding hydrogens is 404 g/mol. The quantitative estimate of drug-likeness (QED) is 0.347. The first kappa shape index (κ1) is 19.2. The van der Waals surface area contributed by atoms with Gasteiger partial charge in [0.25, 0.3) is 0 Å². The molecular formula is C23H21BrO3. The lowest BCUT2D eigenvalue weighted by atomic mass is 10.0. The molecule has 27 heavy (non-hydrogen) atoms. The third-order valence-corrected chi connectivity index (χ3v) is 4.77. The molecule has 0 unspecified atom stereocenters. The van der Waals surface area contributed by atoms with Crippen molar-refractivity contribution in [3.8, 4) is 22.6 Å². The maximum atomic E-state index is 12.2. The number of carbonyl (C=O) groups is 1. The number of hydrogen-bond acceptors (Lipinski definition) is 3. The minimum absolute atomic E-state index is 0.142. The second kappa shape index (κ2) is 8.87. The van der Waals surface area contributed by atoms with E-state index in [9.17, 15) is 4.79 Å². The second-order valence-electron chi connectivity index (χ2n) is 6.47. The Kier molecular flexibility index (Phi) is 6.30. The molecule has 0 amide bonds. The second-order valence-corrected chi connectivity index (χ2v) is 7.32. The molecule has 0 aliphatic rings. The summed E-state index contributed by atoms with van der Waals surface area (Å²) in [6.45, 7) is 4.04. The van der Waals surface area contributed by atoms with Gasteiger partial charge >= 0.3 is 5.97 Å². The lowest BCUT2D eigenvalue weighted by Crippen LogP contribution is -2.18. The number of ether oxygens (including phenoxy) is 2. The van der Waals surface area contributed by atoms with E-state index < -0.39 is 5.97 Å². The zero-order valence-electron chi connectivity index (χ0n) is 15.3. The largest absolute Gasteiger partial charge is 0.482 e. The van der Waals surface area contributed by atoms with Gasteiger partial charge in [0.15, 0.2) is 6.61 Å². The van der Waals surface area contributed by atoms with E-state index in [1.807, 2.05) is 66.7 Å². The first-order valence-electron chi connectivity index (χ1n) is 8.82. The van der Waals surface area contributed by atoms with Crippen molar-refractivity contribution in [3.05, 3.63) is 82.8 Å². The highest BCUT2D eigenvalue weighted by Gasteiger charge is 2.12. The molecule has 0 radical (unpaired) electrons. The topological polar surface area (TPSA) is 35.5 Å². The van der Waals surface area contributed by atoms with Crippen molar-refractivity contribution < 1.29 is 14.3 Å². The molecule has 3 aromatic carbocycles. The number of hydrogen-bond donors (Lipinski definition) is 0. The third kappa shape index (κ3) is 4.98.